The van der Waals surface area contributed by atoms with Gasteiger partial charge in [0.25, 0.3) is 0 Å². The Bertz CT molecular complexity index is 440. The van der Waals surface area contributed by atoms with Gasteiger partial charge in [0.2, 0.25) is 0 Å². The molecule has 3 heteroatoms. The normalized spacial score (nSPS) is 10.1. The van der Waals surface area contributed by atoms with Crippen LogP contribution in [0.3, 0.4) is 0 Å². The van der Waals surface area contributed by atoms with Crippen molar-refractivity contribution in [2.75, 3.05) is 11.9 Å². The Labute approximate surface area is 95.6 Å². The Kier molecular flexibility index (Phi) is 3.49. The second kappa shape index (κ2) is 5.26. The zero-order chi connectivity index (χ0) is 11.2. The molecule has 1 N–H and O–H groups in total. The van der Waals surface area contributed by atoms with Crippen LogP contribution in [0.4, 0.5) is 5.82 Å². The number of hydrogen-bond donors (Lipinski definition) is 1. The summed E-state index contributed by atoms with van der Waals surface area (Å²) < 4.78 is 0. The smallest absolute Gasteiger partial charge is 0.129 e. The third-order valence-corrected chi connectivity index (χ3v) is 2.37. The maximum atomic E-state index is 4.15. The van der Waals surface area contributed by atoms with Crippen molar-refractivity contribution in [3.8, 4) is 0 Å². The van der Waals surface area contributed by atoms with E-state index in [0.29, 0.717) is 0 Å². The molecule has 1 aromatic heterocycles. The van der Waals surface area contributed by atoms with Crippen molar-refractivity contribution < 1.29 is 0 Å². The van der Waals surface area contributed by atoms with Crippen molar-refractivity contribution in [1.82, 2.24) is 9.97 Å². The molecule has 0 atom stereocenters. The van der Waals surface area contributed by atoms with E-state index in [2.05, 4.69) is 39.6 Å². The molecule has 0 spiro atoms. The lowest BCUT2D eigenvalue weighted by Crippen LogP contribution is -2.06. The summed E-state index contributed by atoms with van der Waals surface area (Å²) >= 11 is 0. The Morgan fingerprint density at radius 1 is 1.12 bits per heavy atom. The molecular formula is C13H15N3. The molecule has 0 radical (unpaired) electrons. The molecule has 2 aromatic rings. The van der Waals surface area contributed by atoms with Crippen LogP contribution in [0.5, 0.6) is 0 Å². The van der Waals surface area contributed by atoms with Gasteiger partial charge in [0, 0.05) is 18.3 Å². The van der Waals surface area contributed by atoms with E-state index in [1.165, 1.54) is 5.56 Å². The van der Waals surface area contributed by atoms with Crippen molar-refractivity contribution in [1.29, 1.82) is 0 Å². The molecule has 0 unspecified atom stereocenters. The lowest BCUT2D eigenvalue weighted by Gasteiger charge is -2.05. The molecular weight excluding hydrogens is 198 g/mol. The lowest BCUT2D eigenvalue weighted by molar-refractivity contribution is 0.993. The minimum absolute atomic E-state index is 0.889. The zero-order valence-electron chi connectivity index (χ0n) is 9.35. The van der Waals surface area contributed by atoms with Crippen molar-refractivity contribution in [2.45, 2.75) is 13.3 Å². The van der Waals surface area contributed by atoms with Gasteiger partial charge in [0.05, 0.1) is 0 Å². The highest BCUT2D eigenvalue weighted by molar-refractivity contribution is 5.34. The van der Waals surface area contributed by atoms with Crippen LogP contribution in [0, 0.1) is 6.92 Å². The van der Waals surface area contributed by atoms with Gasteiger partial charge in [-0.3, -0.25) is 0 Å². The summed E-state index contributed by atoms with van der Waals surface area (Å²) in [5.41, 5.74) is 2.32. The van der Waals surface area contributed by atoms with Crippen LogP contribution in [0.1, 0.15) is 11.3 Å². The number of hydrogen-bond acceptors (Lipinski definition) is 3. The van der Waals surface area contributed by atoms with Gasteiger partial charge in [-0.25, -0.2) is 9.97 Å². The predicted molar refractivity (Wildman–Crippen MR) is 65.4 cm³/mol. The SMILES string of the molecule is Cc1cc(NCCc2ccccc2)ncn1. The molecule has 0 saturated carbocycles. The van der Waals surface area contributed by atoms with Gasteiger partial charge in [-0.1, -0.05) is 30.3 Å². The summed E-state index contributed by atoms with van der Waals surface area (Å²) in [5, 5.41) is 3.28. The van der Waals surface area contributed by atoms with Crippen LogP contribution < -0.4 is 5.32 Å². The molecule has 0 bridgehead atoms. The van der Waals surface area contributed by atoms with Crippen LogP contribution in [-0.4, -0.2) is 16.5 Å². The fraction of sp³-hybridized carbons (Fsp3) is 0.231. The summed E-state index contributed by atoms with van der Waals surface area (Å²) in [6.45, 7) is 2.85. The van der Waals surface area contributed by atoms with Crippen molar-refractivity contribution >= 4 is 5.82 Å². The molecule has 0 fully saturated rings. The first-order valence-electron chi connectivity index (χ1n) is 5.41. The largest absolute Gasteiger partial charge is 0.370 e. The molecule has 0 aliphatic carbocycles. The van der Waals surface area contributed by atoms with Gasteiger partial charge >= 0.3 is 0 Å². The molecule has 16 heavy (non-hydrogen) atoms. The maximum absolute atomic E-state index is 4.15. The molecule has 1 heterocycles. The summed E-state index contributed by atoms with van der Waals surface area (Å²) in [7, 11) is 0. The minimum atomic E-state index is 0.889. The molecule has 1 aromatic carbocycles. The first-order chi connectivity index (χ1) is 7.84. The molecule has 0 saturated heterocycles. The van der Waals surface area contributed by atoms with Gasteiger partial charge in [0.1, 0.15) is 12.1 Å². The highest BCUT2D eigenvalue weighted by atomic mass is 15.0. The molecule has 0 amide bonds. The Morgan fingerprint density at radius 3 is 2.69 bits per heavy atom. The molecule has 2 rings (SSSR count). The number of nitrogens with one attached hydrogen (secondary N) is 1. The molecule has 82 valence electrons. The van der Waals surface area contributed by atoms with Crippen LogP contribution in [0.25, 0.3) is 0 Å². The van der Waals surface area contributed by atoms with Crippen molar-refractivity contribution in [2.24, 2.45) is 0 Å². The fourth-order valence-electron chi connectivity index (χ4n) is 1.53. The first kappa shape index (κ1) is 10.6. The predicted octanol–water partition coefficient (Wildman–Crippen LogP) is 2.44. The standard InChI is InChI=1S/C13H15N3/c1-11-9-13(16-10-15-11)14-8-7-12-5-3-2-4-6-12/h2-6,9-10H,7-8H2,1H3,(H,14,15,16). The van der Waals surface area contributed by atoms with Gasteiger partial charge < -0.3 is 5.32 Å². The first-order valence-corrected chi connectivity index (χ1v) is 5.41. The number of nitrogens with zero attached hydrogens (tertiary/aromatic N) is 2. The molecule has 0 aliphatic rings. The minimum Gasteiger partial charge on any atom is -0.370 e. The van der Waals surface area contributed by atoms with Gasteiger partial charge in [-0.2, -0.15) is 0 Å². The van der Waals surface area contributed by atoms with E-state index in [4.69, 9.17) is 0 Å². The van der Waals surface area contributed by atoms with Crippen LogP contribution in [-0.2, 0) is 6.42 Å². The third kappa shape index (κ3) is 3.05. The number of aryl methyl sites for hydroxylation is 1. The average molecular weight is 213 g/mol. The topological polar surface area (TPSA) is 37.8 Å². The van der Waals surface area contributed by atoms with Gasteiger partial charge in [0.15, 0.2) is 0 Å². The Balaban J connectivity index is 1.85. The Morgan fingerprint density at radius 2 is 1.94 bits per heavy atom. The van der Waals surface area contributed by atoms with Gasteiger partial charge in [-0.05, 0) is 18.9 Å². The third-order valence-electron chi connectivity index (χ3n) is 2.37. The average Bonchev–Trinajstić information content (AvgIpc) is 2.30. The summed E-state index contributed by atoms with van der Waals surface area (Å²) in [5.74, 6) is 0.892. The van der Waals surface area contributed by atoms with E-state index in [1.807, 2.05) is 19.1 Å². The summed E-state index contributed by atoms with van der Waals surface area (Å²) in [4.78, 5) is 8.20. The van der Waals surface area contributed by atoms with E-state index in [9.17, 15) is 0 Å². The van der Waals surface area contributed by atoms with E-state index < -0.39 is 0 Å². The number of benzene rings is 1. The fourth-order valence-corrected chi connectivity index (χ4v) is 1.53. The van der Waals surface area contributed by atoms with Crippen molar-refractivity contribution in [3.05, 3.63) is 54.0 Å². The second-order valence-electron chi connectivity index (χ2n) is 3.71. The van der Waals surface area contributed by atoms with Crippen LogP contribution in [0.2, 0.25) is 0 Å². The highest BCUT2D eigenvalue weighted by Crippen LogP contribution is 2.04. The van der Waals surface area contributed by atoms with E-state index >= 15 is 0 Å². The molecule has 0 aliphatic heterocycles. The number of rotatable bonds is 4. The van der Waals surface area contributed by atoms with Crippen LogP contribution >= 0.6 is 0 Å². The second-order valence-corrected chi connectivity index (χ2v) is 3.71. The highest BCUT2D eigenvalue weighted by Gasteiger charge is 1.95. The van der Waals surface area contributed by atoms with E-state index in [-0.39, 0.29) is 0 Å². The zero-order valence-corrected chi connectivity index (χ0v) is 9.35. The molecule has 3 nitrogen and oxygen atoms in total. The summed E-state index contributed by atoms with van der Waals surface area (Å²) in [6, 6.07) is 12.4. The summed E-state index contributed by atoms with van der Waals surface area (Å²) in [6.07, 6.45) is 2.59. The van der Waals surface area contributed by atoms with Crippen molar-refractivity contribution in [3.63, 3.8) is 0 Å². The lowest BCUT2D eigenvalue weighted by atomic mass is 10.1. The quantitative estimate of drug-likeness (QED) is 0.847. The monoisotopic (exact) mass is 213 g/mol. The van der Waals surface area contributed by atoms with Gasteiger partial charge in [-0.15, -0.1) is 0 Å². The number of aromatic nitrogens is 2. The van der Waals surface area contributed by atoms with E-state index in [0.717, 1.165) is 24.5 Å². The Hall–Kier alpha value is -1.90. The number of anilines is 1. The van der Waals surface area contributed by atoms with E-state index in [1.54, 1.807) is 6.33 Å². The van der Waals surface area contributed by atoms with Crippen LogP contribution in [0.15, 0.2) is 42.7 Å². The maximum Gasteiger partial charge on any atom is 0.129 e.